The van der Waals surface area contributed by atoms with Crippen molar-refractivity contribution in [2.45, 2.75) is 6.61 Å². The highest BCUT2D eigenvalue weighted by Gasteiger charge is 2.03. The smallest absolute Gasteiger partial charge is 0.194 e. The van der Waals surface area contributed by atoms with Gasteiger partial charge in [-0.3, -0.25) is 4.79 Å². The van der Waals surface area contributed by atoms with Gasteiger partial charge in [0.05, 0.1) is 12.1 Å². The van der Waals surface area contributed by atoms with Crippen LogP contribution in [0.4, 0.5) is 0 Å². The fraction of sp³-hybridized carbons (Fsp3) is 0.100. The van der Waals surface area contributed by atoms with Crippen LogP contribution in [-0.2, 0) is 6.61 Å². The third-order valence-electron chi connectivity index (χ3n) is 2.09. The third-order valence-corrected chi connectivity index (χ3v) is 2.33. The maximum Gasteiger partial charge on any atom is 0.194 e. The molecule has 0 aliphatic heterocycles. The topological polar surface area (TPSA) is 53.1 Å². The fourth-order valence-electron chi connectivity index (χ4n) is 1.35. The number of aliphatic hydroxyl groups is 1. The number of benzene rings is 1. The van der Waals surface area contributed by atoms with E-state index in [0.29, 0.717) is 21.5 Å². The molecule has 1 aromatic carbocycles. The Morgan fingerprint density at radius 3 is 2.93 bits per heavy atom. The minimum Gasteiger partial charge on any atom is -0.391 e. The van der Waals surface area contributed by atoms with Crippen LogP contribution in [0.1, 0.15) is 5.56 Å². The largest absolute Gasteiger partial charge is 0.391 e. The zero-order valence-electron chi connectivity index (χ0n) is 7.25. The molecule has 0 unspecified atom stereocenters. The Hall–Kier alpha value is -1.32. The van der Waals surface area contributed by atoms with Gasteiger partial charge in [0.25, 0.3) is 0 Å². The lowest BCUT2D eigenvalue weighted by atomic mass is 10.1. The molecule has 3 nitrogen and oxygen atoms in total. The molecule has 0 bridgehead atoms. The van der Waals surface area contributed by atoms with Crippen molar-refractivity contribution in [1.29, 1.82) is 0 Å². The molecule has 2 rings (SSSR count). The summed E-state index contributed by atoms with van der Waals surface area (Å²) >= 11 is 5.77. The second-order valence-electron chi connectivity index (χ2n) is 2.99. The van der Waals surface area contributed by atoms with E-state index in [-0.39, 0.29) is 12.0 Å². The molecule has 0 fully saturated rings. The van der Waals surface area contributed by atoms with Gasteiger partial charge in [0.15, 0.2) is 5.43 Å². The summed E-state index contributed by atoms with van der Waals surface area (Å²) in [4.78, 5) is 14.6. The lowest BCUT2D eigenvalue weighted by molar-refractivity contribution is 0.280. The molecule has 0 atom stereocenters. The van der Waals surface area contributed by atoms with Crippen molar-refractivity contribution in [2.24, 2.45) is 0 Å². The highest BCUT2D eigenvalue weighted by molar-refractivity contribution is 6.31. The number of aliphatic hydroxyl groups excluding tert-OH is 1. The van der Waals surface area contributed by atoms with Crippen LogP contribution < -0.4 is 5.43 Å². The molecule has 1 aromatic heterocycles. The second-order valence-corrected chi connectivity index (χ2v) is 3.43. The first-order valence-electron chi connectivity index (χ1n) is 4.13. The van der Waals surface area contributed by atoms with Crippen molar-refractivity contribution < 1.29 is 5.11 Å². The summed E-state index contributed by atoms with van der Waals surface area (Å²) in [5, 5.41) is 10.0. The van der Waals surface area contributed by atoms with Gasteiger partial charge in [0, 0.05) is 22.2 Å². The van der Waals surface area contributed by atoms with Gasteiger partial charge in [0.1, 0.15) is 0 Å². The quantitative estimate of drug-likeness (QED) is 0.751. The van der Waals surface area contributed by atoms with Gasteiger partial charge in [-0.05, 0) is 18.2 Å². The standard InChI is InChI=1S/C10H8ClNO2/c11-7-1-2-8-9(3-7)12-4-6(5-13)10(8)14/h1-4,13H,5H2,(H,12,14). The number of fused-ring (bicyclic) bond motifs is 1. The van der Waals surface area contributed by atoms with Gasteiger partial charge in [-0.1, -0.05) is 11.6 Å². The van der Waals surface area contributed by atoms with Crippen molar-refractivity contribution >= 4 is 22.5 Å². The van der Waals surface area contributed by atoms with E-state index in [1.165, 1.54) is 6.20 Å². The molecule has 2 aromatic rings. The summed E-state index contributed by atoms with van der Waals surface area (Å²) in [5.74, 6) is 0. The zero-order valence-corrected chi connectivity index (χ0v) is 8.01. The number of hydrogen-bond acceptors (Lipinski definition) is 2. The fourth-order valence-corrected chi connectivity index (χ4v) is 1.53. The number of aromatic amines is 1. The van der Waals surface area contributed by atoms with E-state index in [2.05, 4.69) is 4.98 Å². The molecule has 1 heterocycles. The number of pyridine rings is 1. The molecule has 0 saturated carbocycles. The van der Waals surface area contributed by atoms with Gasteiger partial charge in [-0.2, -0.15) is 0 Å². The van der Waals surface area contributed by atoms with Crippen LogP contribution in [-0.4, -0.2) is 10.1 Å². The number of aromatic nitrogens is 1. The number of halogens is 1. The summed E-state index contributed by atoms with van der Waals surface area (Å²) in [6.45, 7) is -0.256. The number of rotatable bonds is 1. The average molecular weight is 210 g/mol. The Balaban J connectivity index is 2.84. The summed E-state index contributed by atoms with van der Waals surface area (Å²) in [6, 6.07) is 4.98. The van der Waals surface area contributed by atoms with E-state index in [0.717, 1.165) is 0 Å². The van der Waals surface area contributed by atoms with Crippen LogP contribution in [0.15, 0.2) is 29.2 Å². The zero-order chi connectivity index (χ0) is 10.1. The summed E-state index contributed by atoms with van der Waals surface area (Å²) in [7, 11) is 0. The monoisotopic (exact) mass is 209 g/mol. The Kier molecular flexibility index (Phi) is 2.27. The number of hydrogen-bond donors (Lipinski definition) is 2. The molecule has 0 amide bonds. The molecular formula is C10H8ClNO2. The predicted octanol–water partition coefficient (Wildman–Crippen LogP) is 1.67. The van der Waals surface area contributed by atoms with Crippen molar-refractivity contribution in [1.82, 2.24) is 4.98 Å². The maximum absolute atomic E-state index is 11.6. The minimum absolute atomic E-state index is 0.155. The van der Waals surface area contributed by atoms with Crippen LogP contribution in [0.2, 0.25) is 5.02 Å². The highest BCUT2D eigenvalue weighted by Crippen LogP contribution is 2.14. The van der Waals surface area contributed by atoms with Gasteiger partial charge < -0.3 is 10.1 Å². The minimum atomic E-state index is -0.256. The van der Waals surface area contributed by atoms with Crippen LogP contribution in [0.25, 0.3) is 10.9 Å². The van der Waals surface area contributed by atoms with E-state index < -0.39 is 0 Å². The van der Waals surface area contributed by atoms with Gasteiger partial charge in [0.2, 0.25) is 0 Å². The lowest BCUT2D eigenvalue weighted by Crippen LogP contribution is -2.09. The van der Waals surface area contributed by atoms with Crippen LogP contribution in [0.3, 0.4) is 0 Å². The summed E-state index contributed by atoms with van der Waals surface area (Å²) < 4.78 is 0. The van der Waals surface area contributed by atoms with Gasteiger partial charge >= 0.3 is 0 Å². The normalized spacial score (nSPS) is 10.7. The van der Waals surface area contributed by atoms with E-state index >= 15 is 0 Å². The highest BCUT2D eigenvalue weighted by atomic mass is 35.5. The SMILES string of the molecule is O=c1c(CO)c[nH]c2cc(Cl)ccc12. The number of nitrogens with one attached hydrogen (secondary N) is 1. The predicted molar refractivity (Wildman–Crippen MR) is 55.5 cm³/mol. The van der Waals surface area contributed by atoms with Crippen molar-refractivity contribution in [2.75, 3.05) is 0 Å². The molecule has 14 heavy (non-hydrogen) atoms. The molecule has 4 heteroatoms. The average Bonchev–Trinajstić information content (AvgIpc) is 2.18. The first-order valence-corrected chi connectivity index (χ1v) is 4.51. The van der Waals surface area contributed by atoms with E-state index in [1.807, 2.05) is 0 Å². The van der Waals surface area contributed by atoms with Crippen LogP contribution in [0, 0.1) is 0 Å². The van der Waals surface area contributed by atoms with Crippen LogP contribution in [0.5, 0.6) is 0 Å². The first-order chi connectivity index (χ1) is 6.72. The molecule has 0 spiro atoms. The Bertz CT molecular complexity index is 533. The van der Waals surface area contributed by atoms with E-state index in [9.17, 15) is 4.79 Å². The van der Waals surface area contributed by atoms with Crippen molar-refractivity contribution in [3.8, 4) is 0 Å². The summed E-state index contributed by atoms with van der Waals surface area (Å²) in [5.41, 5.74) is 0.887. The van der Waals surface area contributed by atoms with Crippen molar-refractivity contribution in [3.05, 3.63) is 45.2 Å². The molecule has 0 aliphatic carbocycles. The van der Waals surface area contributed by atoms with Gasteiger partial charge in [-0.25, -0.2) is 0 Å². The lowest BCUT2D eigenvalue weighted by Gasteiger charge is -2.00. The van der Waals surface area contributed by atoms with Gasteiger partial charge in [-0.15, -0.1) is 0 Å². The Morgan fingerprint density at radius 1 is 1.43 bits per heavy atom. The second kappa shape index (κ2) is 3.44. The van der Waals surface area contributed by atoms with Crippen LogP contribution >= 0.6 is 11.6 Å². The number of H-pyrrole nitrogens is 1. The molecular weight excluding hydrogens is 202 g/mol. The third kappa shape index (κ3) is 1.41. The molecule has 0 radical (unpaired) electrons. The molecule has 0 aliphatic rings. The molecule has 0 saturated heterocycles. The Labute approximate surface area is 85.0 Å². The summed E-state index contributed by atoms with van der Waals surface area (Å²) in [6.07, 6.45) is 1.50. The first kappa shape index (κ1) is 9.24. The van der Waals surface area contributed by atoms with E-state index in [1.54, 1.807) is 18.2 Å². The Morgan fingerprint density at radius 2 is 2.21 bits per heavy atom. The molecule has 2 N–H and O–H groups in total. The maximum atomic E-state index is 11.6. The van der Waals surface area contributed by atoms with E-state index in [4.69, 9.17) is 16.7 Å². The van der Waals surface area contributed by atoms with Crippen molar-refractivity contribution in [3.63, 3.8) is 0 Å². The molecule has 72 valence electrons.